The quantitative estimate of drug-likeness (QED) is 0.283. The lowest BCUT2D eigenvalue weighted by molar-refractivity contribution is 0.0438. The molecule has 0 N–H and O–H groups in total. The first-order valence-electron chi connectivity index (χ1n) is 11.6. The van der Waals surface area contributed by atoms with Crippen LogP contribution in [0.25, 0.3) is 0 Å². The molecule has 1 atom stereocenters. The minimum absolute atomic E-state index is 0.967. The fraction of sp³-hybridized carbons (Fsp3) is 1.00. The highest BCUT2D eigenvalue weighted by molar-refractivity contribution is 4.87. The van der Waals surface area contributed by atoms with E-state index in [-0.39, 0.29) is 0 Å². The summed E-state index contributed by atoms with van der Waals surface area (Å²) >= 11 is 0. The van der Waals surface area contributed by atoms with E-state index in [9.17, 15) is 0 Å². The fourth-order valence-corrected chi connectivity index (χ4v) is 4.96. The number of hydrogen-bond acceptors (Lipinski definition) is 1. The van der Waals surface area contributed by atoms with Crippen LogP contribution in [0.3, 0.4) is 0 Å². The first-order chi connectivity index (χ1) is 11.9. The van der Waals surface area contributed by atoms with E-state index in [1.54, 1.807) is 0 Å². The molecule has 3 aliphatic rings. The summed E-state index contributed by atoms with van der Waals surface area (Å²) in [5.74, 6) is 1.09. The van der Waals surface area contributed by atoms with Gasteiger partial charge in [-0.2, -0.15) is 0 Å². The predicted molar refractivity (Wildman–Crippen MR) is 108 cm³/mol. The molecule has 0 radical (unpaired) electrons. The van der Waals surface area contributed by atoms with Crippen LogP contribution in [0.2, 0.25) is 0 Å². The van der Waals surface area contributed by atoms with Crippen LogP contribution < -0.4 is 0 Å². The van der Waals surface area contributed by atoms with Gasteiger partial charge in [0.05, 0.1) is 0 Å². The lowest BCUT2D eigenvalue weighted by Gasteiger charge is -2.45. The highest BCUT2D eigenvalue weighted by Crippen LogP contribution is 2.33. The fourth-order valence-electron chi connectivity index (χ4n) is 4.96. The topological polar surface area (TPSA) is 3.24 Å². The van der Waals surface area contributed by atoms with E-state index < -0.39 is 0 Å². The molecule has 1 heteroatoms. The van der Waals surface area contributed by atoms with Gasteiger partial charge in [0.1, 0.15) is 0 Å². The molecular formula is C23H45N. The molecule has 3 aliphatic heterocycles. The van der Waals surface area contributed by atoms with Crippen molar-refractivity contribution in [3.8, 4) is 0 Å². The van der Waals surface area contributed by atoms with Crippen molar-refractivity contribution in [3.05, 3.63) is 0 Å². The monoisotopic (exact) mass is 335 g/mol. The number of fused-ring (bicyclic) bond motifs is 3. The Morgan fingerprint density at radius 2 is 1.08 bits per heavy atom. The molecule has 24 heavy (non-hydrogen) atoms. The first-order valence-corrected chi connectivity index (χ1v) is 11.6. The number of rotatable bonds is 15. The molecule has 1 unspecified atom stereocenters. The van der Waals surface area contributed by atoms with Crippen LogP contribution in [0.5, 0.6) is 0 Å². The number of hydrogen-bond donors (Lipinski definition) is 0. The van der Waals surface area contributed by atoms with Crippen molar-refractivity contribution < 1.29 is 0 Å². The van der Waals surface area contributed by atoms with Crippen molar-refractivity contribution in [1.29, 1.82) is 0 Å². The molecule has 2 bridgehead atoms. The van der Waals surface area contributed by atoms with Gasteiger partial charge in [0.25, 0.3) is 0 Å². The van der Waals surface area contributed by atoms with Crippen molar-refractivity contribution in [1.82, 2.24) is 4.90 Å². The molecule has 3 saturated heterocycles. The highest BCUT2D eigenvalue weighted by Gasteiger charge is 2.32. The molecule has 3 heterocycles. The Hall–Kier alpha value is -0.0400. The summed E-state index contributed by atoms with van der Waals surface area (Å²) in [7, 11) is 0. The minimum Gasteiger partial charge on any atom is -0.300 e. The van der Waals surface area contributed by atoms with Gasteiger partial charge in [-0.15, -0.1) is 0 Å². The number of piperidine rings is 3. The maximum atomic E-state index is 2.79. The maximum absolute atomic E-state index is 2.79. The van der Waals surface area contributed by atoms with E-state index in [0.29, 0.717) is 0 Å². The second kappa shape index (κ2) is 13.2. The van der Waals surface area contributed by atoms with Gasteiger partial charge in [0.2, 0.25) is 0 Å². The average Bonchev–Trinajstić information content (AvgIpc) is 2.63. The van der Waals surface area contributed by atoms with Gasteiger partial charge >= 0.3 is 0 Å². The van der Waals surface area contributed by atoms with Crippen molar-refractivity contribution >= 4 is 0 Å². The molecule has 0 aromatic rings. The molecule has 0 saturated carbocycles. The third kappa shape index (κ3) is 8.37. The Balaban J connectivity index is 1.28. The van der Waals surface area contributed by atoms with Crippen LogP contribution in [-0.4, -0.2) is 24.0 Å². The summed E-state index contributed by atoms with van der Waals surface area (Å²) in [6, 6.07) is 0.967. The molecule has 0 aliphatic carbocycles. The molecule has 0 amide bonds. The van der Waals surface area contributed by atoms with E-state index in [4.69, 9.17) is 0 Å². The van der Waals surface area contributed by atoms with E-state index in [1.165, 1.54) is 129 Å². The van der Waals surface area contributed by atoms with Crippen molar-refractivity contribution in [2.75, 3.05) is 13.1 Å². The Labute approximate surface area is 153 Å². The first kappa shape index (κ1) is 20.3. The van der Waals surface area contributed by atoms with Crippen LogP contribution in [-0.2, 0) is 0 Å². The zero-order valence-corrected chi connectivity index (χ0v) is 16.7. The average molecular weight is 336 g/mol. The van der Waals surface area contributed by atoms with E-state index in [1.807, 2.05) is 0 Å². The standard InChI is InChI=1S/C23H45N/c1-2-3-4-5-6-7-8-9-10-11-12-13-14-15-16-23-21-22-17-19-24(23)20-18-22/h22-23H,2-21H2,1H3. The van der Waals surface area contributed by atoms with Gasteiger partial charge in [-0.1, -0.05) is 96.8 Å². The van der Waals surface area contributed by atoms with E-state index in [2.05, 4.69) is 11.8 Å². The second-order valence-electron chi connectivity index (χ2n) is 8.75. The maximum Gasteiger partial charge on any atom is 0.00979 e. The van der Waals surface area contributed by atoms with Crippen LogP contribution in [0.15, 0.2) is 0 Å². The van der Waals surface area contributed by atoms with Gasteiger partial charge in [-0.3, -0.25) is 0 Å². The molecule has 0 aromatic heterocycles. The van der Waals surface area contributed by atoms with Crippen LogP contribution in [0, 0.1) is 5.92 Å². The van der Waals surface area contributed by atoms with Crippen molar-refractivity contribution in [3.63, 3.8) is 0 Å². The summed E-state index contributed by atoms with van der Waals surface area (Å²) in [4.78, 5) is 2.79. The Morgan fingerprint density at radius 1 is 0.625 bits per heavy atom. The third-order valence-corrected chi connectivity index (χ3v) is 6.66. The summed E-state index contributed by atoms with van der Waals surface area (Å²) in [6.07, 6.45) is 26.7. The van der Waals surface area contributed by atoms with Gasteiger partial charge < -0.3 is 4.90 Å². The molecule has 0 spiro atoms. The molecule has 0 aromatic carbocycles. The lowest BCUT2D eigenvalue weighted by Crippen LogP contribution is -2.48. The van der Waals surface area contributed by atoms with Crippen LogP contribution in [0.1, 0.15) is 122 Å². The second-order valence-corrected chi connectivity index (χ2v) is 8.75. The minimum atomic E-state index is 0.967. The largest absolute Gasteiger partial charge is 0.300 e. The zero-order valence-electron chi connectivity index (χ0n) is 16.7. The van der Waals surface area contributed by atoms with Crippen LogP contribution in [0.4, 0.5) is 0 Å². The number of unbranched alkanes of at least 4 members (excludes halogenated alkanes) is 13. The predicted octanol–water partition coefficient (Wildman–Crippen LogP) is 7.34. The highest BCUT2D eigenvalue weighted by atomic mass is 15.2. The molecule has 3 fully saturated rings. The normalized spacial score (nSPS) is 26.1. The van der Waals surface area contributed by atoms with Gasteiger partial charge in [0, 0.05) is 6.04 Å². The van der Waals surface area contributed by atoms with Gasteiger partial charge in [-0.25, -0.2) is 0 Å². The summed E-state index contributed by atoms with van der Waals surface area (Å²) in [5, 5.41) is 0. The Bertz CT molecular complexity index is 280. The van der Waals surface area contributed by atoms with Crippen molar-refractivity contribution in [2.24, 2.45) is 5.92 Å². The summed E-state index contributed by atoms with van der Waals surface area (Å²) in [6.45, 7) is 5.12. The van der Waals surface area contributed by atoms with E-state index >= 15 is 0 Å². The number of nitrogens with zero attached hydrogens (tertiary/aromatic N) is 1. The van der Waals surface area contributed by atoms with E-state index in [0.717, 1.165) is 12.0 Å². The molecular weight excluding hydrogens is 290 g/mol. The molecule has 142 valence electrons. The summed E-state index contributed by atoms with van der Waals surface area (Å²) < 4.78 is 0. The van der Waals surface area contributed by atoms with Gasteiger partial charge in [-0.05, 0) is 44.7 Å². The van der Waals surface area contributed by atoms with Crippen molar-refractivity contribution in [2.45, 2.75) is 129 Å². The third-order valence-electron chi connectivity index (χ3n) is 6.66. The lowest BCUT2D eigenvalue weighted by atomic mass is 9.81. The molecule has 1 nitrogen and oxygen atoms in total. The summed E-state index contributed by atoms with van der Waals surface area (Å²) in [5.41, 5.74) is 0. The van der Waals surface area contributed by atoms with Crippen LogP contribution >= 0.6 is 0 Å². The Morgan fingerprint density at radius 3 is 1.50 bits per heavy atom. The zero-order chi connectivity index (χ0) is 16.9. The smallest absolute Gasteiger partial charge is 0.00979 e. The Kier molecular flexibility index (Phi) is 11.2. The SMILES string of the molecule is CCCCCCCCCCCCCCCCC1CC2CCN1CC2. The van der Waals surface area contributed by atoms with Gasteiger partial charge in [0.15, 0.2) is 0 Å². The molecule has 3 rings (SSSR count).